The summed E-state index contributed by atoms with van der Waals surface area (Å²) in [6.45, 7) is 5.44. The van der Waals surface area contributed by atoms with Crippen LogP contribution in [0.2, 0.25) is 0 Å². The Balaban J connectivity index is 3.65. The lowest BCUT2D eigenvalue weighted by Crippen LogP contribution is -2.45. The van der Waals surface area contributed by atoms with E-state index in [4.69, 9.17) is 14.0 Å². The zero-order valence-electron chi connectivity index (χ0n) is 26.8. The second kappa shape index (κ2) is 25.5. The van der Waals surface area contributed by atoms with E-state index in [0.29, 0.717) is 24.1 Å². The molecule has 0 aliphatic heterocycles. The van der Waals surface area contributed by atoms with Gasteiger partial charge in [0.15, 0.2) is 5.78 Å². The number of nitrogens with zero attached hydrogens (tertiary/aromatic N) is 1. The summed E-state index contributed by atoms with van der Waals surface area (Å²) in [5.41, 5.74) is 0. The first-order chi connectivity index (χ1) is 18.7. The van der Waals surface area contributed by atoms with Gasteiger partial charge < -0.3 is 23.4 Å². The predicted molar refractivity (Wildman–Crippen MR) is 167 cm³/mol. The molecule has 0 spiro atoms. The van der Waals surface area contributed by atoms with E-state index in [2.05, 4.69) is 19.1 Å². The van der Waals surface area contributed by atoms with Crippen molar-refractivity contribution in [2.45, 2.75) is 148 Å². The molecule has 0 aromatic carbocycles. The number of allylic oxidation sites excluding steroid dienone is 2. The Hall–Kier alpha value is -0.230. The molecule has 3 atom stereocenters. The molecule has 0 rings (SSSR count). The van der Waals surface area contributed by atoms with Crippen molar-refractivity contribution in [3.8, 4) is 0 Å². The second-order valence-electron chi connectivity index (χ2n) is 12.2. The molecular weight excluding hydrogens is 509 g/mol. The molecule has 0 bridgehead atoms. The van der Waals surface area contributed by atoms with Crippen LogP contribution in [0.15, 0.2) is 12.2 Å². The molecule has 0 saturated heterocycles. The highest BCUT2D eigenvalue weighted by atomic mass is 31.2. The highest BCUT2D eigenvalue weighted by Crippen LogP contribution is 2.51. The van der Waals surface area contributed by atoms with Crippen molar-refractivity contribution in [1.29, 1.82) is 0 Å². The van der Waals surface area contributed by atoms with Gasteiger partial charge in [0.25, 0.3) is 0 Å². The zero-order chi connectivity index (χ0) is 29.2. The number of methoxy groups -OCH3 is 1. The number of hydrogen-bond donors (Lipinski definition) is 1. The SMILES string of the molecule is CCCCCCCC/C=C\CCCCCCCCCCCOC[C@H](COP(=O)(O)C(CCC)[N+](C)(C)C)OC. The summed E-state index contributed by atoms with van der Waals surface area (Å²) in [6, 6.07) is 0. The van der Waals surface area contributed by atoms with E-state index in [1.54, 1.807) is 7.11 Å². The minimum absolute atomic E-state index is 0.0694. The van der Waals surface area contributed by atoms with Crippen molar-refractivity contribution in [2.75, 3.05) is 48.1 Å². The lowest BCUT2D eigenvalue weighted by molar-refractivity contribution is -0.883. The first-order valence-corrected chi connectivity index (χ1v) is 17.9. The highest BCUT2D eigenvalue weighted by molar-refractivity contribution is 7.53. The van der Waals surface area contributed by atoms with Gasteiger partial charge in [-0.25, -0.2) is 0 Å². The fourth-order valence-electron chi connectivity index (χ4n) is 4.90. The van der Waals surface area contributed by atoms with Gasteiger partial charge in [-0.1, -0.05) is 103 Å². The van der Waals surface area contributed by atoms with Crippen LogP contribution >= 0.6 is 7.60 Å². The molecular formula is C32H67NO5P+. The lowest BCUT2D eigenvalue weighted by atomic mass is 10.1. The average Bonchev–Trinajstić information content (AvgIpc) is 2.89. The molecule has 0 heterocycles. The summed E-state index contributed by atoms with van der Waals surface area (Å²) >= 11 is 0. The van der Waals surface area contributed by atoms with E-state index in [1.165, 1.54) is 103 Å². The van der Waals surface area contributed by atoms with E-state index in [0.717, 1.165) is 12.8 Å². The van der Waals surface area contributed by atoms with Gasteiger partial charge in [-0.2, -0.15) is 0 Å². The van der Waals surface area contributed by atoms with Gasteiger partial charge in [-0.3, -0.25) is 4.57 Å². The van der Waals surface area contributed by atoms with Crippen molar-refractivity contribution < 1.29 is 27.9 Å². The molecule has 0 fully saturated rings. The number of rotatable bonds is 29. The maximum absolute atomic E-state index is 12.9. The summed E-state index contributed by atoms with van der Waals surface area (Å²) in [5, 5.41) is 0. The second-order valence-corrected chi connectivity index (χ2v) is 14.2. The maximum atomic E-state index is 12.9. The van der Waals surface area contributed by atoms with Crippen LogP contribution in [0.3, 0.4) is 0 Å². The molecule has 234 valence electrons. The lowest BCUT2D eigenvalue weighted by Gasteiger charge is -2.36. The number of hydrogen-bond acceptors (Lipinski definition) is 4. The average molecular weight is 577 g/mol. The van der Waals surface area contributed by atoms with Crippen LogP contribution in [0.5, 0.6) is 0 Å². The van der Waals surface area contributed by atoms with Gasteiger partial charge in [-0.05, 0) is 38.5 Å². The monoisotopic (exact) mass is 576 g/mol. The van der Waals surface area contributed by atoms with E-state index in [-0.39, 0.29) is 12.7 Å². The van der Waals surface area contributed by atoms with E-state index >= 15 is 0 Å². The molecule has 0 radical (unpaired) electrons. The van der Waals surface area contributed by atoms with Crippen molar-refractivity contribution in [3.05, 3.63) is 12.2 Å². The molecule has 0 aromatic rings. The van der Waals surface area contributed by atoms with Crippen LogP contribution in [0.25, 0.3) is 0 Å². The number of ether oxygens (including phenoxy) is 2. The van der Waals surface area contributed by atoms with Crippen molar-refractivity contribution in [2.24, 2.45) is 0 Å². The van der Waals surface area contributed by atoms with Crippen molar-refractivity contribution >= 4 is 7.60 Å². The molecule has 0 aromatic heterocycles. The van der Waals surface area contributed by atoms with Crippen LogP contribution in [0, 0.1) is 0 Å². The Kier molecular flexibility index (Phi) is 25.3. The van der Waals surface area contributed by atoms with Crippen molar-refractivity contribution in [1.82, 2.24) is 0 Å². The standard InChI is InChI=1S/C32H66NO5P/c1-7-9-10-11-12-13-14-15-16-17-18-19-20-21-22-23-24-25-26-28-37-29-31(36-6)30-38-39(34,35)32(27-8-2)33(3,4)5/h15-16,31-32H,7-14,17-30H2,1-6H3/p+1/b16-15-/t31-,32?/m1/s1. The van der Waals surface area contributed by atoms with Crippen LogP contribution in [-0.4, -0.2) is 69.3 Å². The largest absolute Gasteiger partial charge is 0.385 e. The third-order valence-electron chi connectivity index (χ3n) is 7.45. The number of unbranched alkanes of at least 4 members (excludes halogenated alkanes) is 15. The Morgan fingerprint density at radius 1 is 0.718 bits per heavy atom. The molecule has 7 heteroatoms. The fourth-order valence-corrected chi connectivity index (χ4v) is 6.92. The minimum Gasteiger partial charge on any atom is -0.379 e. The fraction of sp³-hybridized carbons (Fsp3) is 0.938. The van der Waals surface area contributed by atoms with Gasteiger partial charge >= 0.3 is 7.60 Å². The molecule has 0 saturated carbocycles. The molecule has 0 amide bonds. The van der Waals surface area contributed by atoms with E-state index in [9.17, 15) is 9.46 Å². The van der Waals surface area contributed by atoms with Crippen LogP contribution in [0.4, 0.5) is 0 Å². The summed E-state index contributed by atoms with van der Waals surface area (Å²) in [6.07, 6.45) is 28.3. The maximum Gasteiger partial charge on any atom is 0.385 e. The molecule has 6 nitrogen and oxygen atoms in total. The van der Waals surface area contributed by atoms with E-state index in [1.807, 2.05) is 28.1 Å². The first kappa shape index (κ1) is 38.8. The molecule has 39 heavy (non-hydrogen) atoms. The van der Waals surface area contributed by atoms with Gasteiger partial charge in [0.1, 0.15) is 6.10 Å². The topological polar surface area (TPSA) is 65.0 Å². The smallest absolute Gasteiger partial charge is 0.379 e. The Bertz CT molecular complexity index is 608. The van der Waals surface area contributed by atoms with Crippen LogP contribution < -0.4 is 0 Å². The van der Waals surface area contributed by atoms with Gasteiger partial charge in [0.2, 0.25) is 0 Å². The highest BCUT2D eigenvalue weighted by Gasteiger charge is 2.42. The predicted octanol–water partition coefficient (Wildman–Crippen LogP) is 9.26. The summed E-state index contributed by atoms with van der Waals surface area (Å²) in [4.78, 5) is 10.6. The van der Waals surface area contributed by atoms with Gasteiger partial charge in [-0.15, -0.1) is 0 Å². The van der Waals surface area contributed by atoms with Crippen molar-refractivity contribution in [3.63, 3.8) is 0 Å². The summed E-state index contributed by atoms with van der Waals surface area (Å²) < 4.78 is 30.0. The third-order valence-corrected chi connectivity index (χ3v) is 9.67. The molecule has 1 N–H and O–H groups in total. The molecule has 0 aliphatic carbocycles. The third kappa shape index (κ3) is 23.1. The van der Waals surface area contributed by atoms with Crippen LogP contribution in [0.1, 0.15) is 136 Å². The summed E-state index contributed by atoms with van der Waals surface area (Å²) in [7, 11) is 3.63. The molecule has 0 aliphatic rings. The van der Waals surface area contributed by atoms with Gasteiger partial charge in [0, 0.05) is 20.1 Å². The minimum atomic E-state index is -3.76. The molecule has 2 unspecified atom stereocenters. The summed E-state index contributed by atoms with van der Waals surface area (Å²) in [5.74, 6) is -0.442. The van der Waals surface area contributed by atoms with Gasteiger partial charge in [0.05, 0.1) is 34.4 Å². The van der Waals surface area contributed by atoms with Crippen LogP contribution in [-0.2, 0) is 18.6 Å². The van der Waals surface area contributed by atoms with E-state index < -0.39 is 13.4 Å². The quantitative estimate of drug-likeness (QED) is 0.0416. The number of quaternary nitrogens is 1. The zero-order valence-corrected chi connectivity index (χ0v) is 27.7. The Morgan fingerprint density at radius 2 is 1.21 bits per heavy atom. The first-order valence-electron chi connectivity index (χ1n) is 16.2. The Labute approximate surface area is 243 Å². The Morgan fingerprint density at radius 3 is 1.67 bits per heavy atom. The normalized spacial score (nSPS) is 15.6.